The molecule has 0 aliphatic carbocycles. The average molecular weight is 312 g/mol. The molecular weight excluding hydrogens is 303 g/mol. The molecule has 20 heavy (non-hydrogen) atoms. The third-order valence-corrected chi connectivity index (χ3v) is 3.17. The molecule has 2 heterocycles. The van der Waals surface area contributed by atoms with E-state index in [9.17, 15) is 27.6 Å². The molecule has 0 radical (unpaired) electrons. The summed E-state index contributed by atoms with van der Waals surface area (Å²) in [5.41, 5.74) is -1.70. The van der Waals surface area contributed by atoms with E-state index in [-0.39, 0.29) is 18.0 Å². The highest BCUT2D eigenvalue weighted by Crippen LogP contribution is 2.26. The van der Waals surface area contributed by atoms with Gasteiger partial charge in [-0.1, -0.05) is 11.6 Å². The number of H-pyrrole nitrogens is 1. The normalized spacial score (nSPS) is 19.7. The van der Waals surface area contributed by atoms with Crippen LogP contribution in [0.3, 0.4) is 0 Å². The summed E-state index contributed by atoms with van der Waals surface area (Å²) in [4.78, 5) is 37.0. The number of alkyl halides is 3. The quantitative estimate of drug-likeness (QED) is 0.865. The number of nitrogens with one attached hydrogen (secondary N) is 1. The number of halogens is 4. The zero-order chi connectivity index (χ0) is 15.1. The Balaban J connectivity index is 2.28. The van der Waals surface area contributed by atoms with E-state index < -0.39 is 35.9 Å². The summed E-state index contributed by atoms with van der Waals surface area (Å²) in [5.74, 6) is -0.826. The Kier molecular flexibility index (Phi) is 3.63. The van der Waals surface area contributed by atoms with Gasteiger partial charge in [0.05, 0.1) is 0 Å². The SMILES string of the molecule is O=C1[C@H](n2cc(Cl)c(=O)[nH]c2=O)CCN1CC(F)(F)F. The van der Waals surface area contributed by atoms with E-state index in [1.54, 1.807) is 0 Å². The highest BCUT2D eigenvalue weighted by Gasteiger charge is 2.40. The lowest BCUT2D eigenvalue weighted by atomic mass is 10.2. The number of hydrogen-bond acceptors (Lipinski definition) is 3. The topological polar surface area (TPSA) is 75.2 Å². The molecule has 0 aromatic carbocycles. The van der Waals surface area contributed by atoms with Gasteiger partial charge in [0.2, 0.25) is 5.91 Å². The van der Waals surface area contributed by atoms with Crippen LogP contribution in [0.5, 0.6) is 0 Å². The first-order valence-corrected chi connectivity index (χ1v) is 5.93. The molecule has 1 amide bonds. The van der Waals surface area contributed by atoms with Crippen molar-refractivity contribution in [3.8, 4) is 0 Å². The van der Waals surface area contributed by atoms with Crippen molar-refractivity contribution in [3.05, 3.63) is 32.1 Å². The van der Waals surface area contributed by atoms with Crippen molar-refractivity contribution >= 4 is 17.5 Å². The summed E-state index contributed by atoms with van der Waals surface area (Å²) >= 11 is 5.55. The Hall–Kier alpha value is -1.77. The number of likely N-dealkylation sites (tertiary alicyclic amines) is 1. The summed E-state index contributed by atoms with van der Waals surface area (Å²) in [5, 5.41) is -0.313. The number of aromatic nitrogens is 2. The average Bonchev–Trinajstić information content (AvgIpc) is 2.64. The predicted molar refractivity (Wildman–Crippen MR) is 62.6 cm³/mol. The van der Waals surface area contributed by atoms with Crippen LogP contribution in [-0.4, -0.2) is 39.6 Å². The highest BCUT2D eigenvalue weighted by atomic mass is 35.5. The predicted octanol–water partition coefficient (Wildman–Crippen LogP) is 0.526. The maximum Gasteiger partial charge on any atom is 0.406 e. The zero-order valence-corrected chi connectivity index (χ0v) is 10.7. The van der Waals surface area contributed by atoms with Crippen molar-refractivity contribution in [2.24, 2.45) is 0 Å². The zero-order valence-electron chi connectivity index (χ0n) is 9.91. The second-order valence-corrected chi connectivity index (χ2v) is 4.73. The molecule has 6 nitrogen and oxygen atoms in total. The Labute approximate surface area is 114 Å². The van der Waals surface area contributed by atoms with Gasteiger partial charge in [-0.05, 0) is 6.42 Å². The Morgan fingerprint density at radius 1 is 1.35 bits per heavy atom. The molecule has 1 saturated heterocycles. The smallest absolute Gasteiger partial charge is 0.332 e. The molecule has 10 heteroatoms. The summed E-state index contributed by atoms with van der Waals surface area (Å²) in [7, 11) is 0. The van der Waals surface area contributed by atoms with Gasteiger partial charge in [-0.3, -0.25) is 19.1 Å². The van der Waals surface area contributed by atoms with E-state index in [0.29, 0.717) is 4.90 Å². The van der Waals surface area contributed by atoms with Crippen LogP contribution < -0.4 is 11.2 Å². The lowest BCUT2D eigenvalue weighted by Crippen LogP contribution is -2.39. The Bertz CT molecular complexity index is 652. The maximum absolute atomic E-state index is 12.3. The minimum Gasteiger partial charge on any atom is -0.332 e. The molecule has 1 atom stereocenters. The second-order valence-electron chi connectivity index (χ2n) is 4.32. The van der Waals surface area contributed by atoms with E-state index >= 15 is 0 Å². The number of carbonyl (C=O) groups is 1. The van der Waals surface area contributed by atoms with Gasteiger partial charge in [-0.15, -0.1) is 0 Å². The monoisotopic (exact) mass is 311 g/mol. The second kappa shape index (κ2) is 4.97. The van der Waals surface area contributed by atoms with E-state index in [4.69, 9.17) is 11.6 Å². The van der Waals surface area contributed by atoms with Crippen LogP contribution in [0, 0.1) is 0 Å². The summed E-state index contributed by atoms with van der Waals surface area (Å²) in [6.45, 7) is -1.49. The Morgan fingerprint density at radius 2 is 2.00 bits per heavy atom. The summed E-state index contributed by atoms with van der Waals surface area (Å²) in [6, 6.07) is -1.08. The van der Waals surface area contributed by atoms with Gasteiger partial charge >= 0.3 is 11.9 Å². The van der Waals surface area contributed by atoms with Crippen molar-refractivity contribution in [1.29, 1.82) is 0 Å². The molecule has 1 N–H and O–H groups in total. The molecule has 2 rings (SSSR count). The number of nitrogens with zero attached hydrogens (tertiary/aromatic N) is 2. The lowest BCUT2D eigenvalue weighted by molar-refractivity contribution is -0.158. The third-order valence-electron chi connectivity index (χ3n) is 2.90. The third kappa shape index (κ3) is 2.87. The van der Waals surface area contributed by atoms with Crippen molar-refractivity contribution < 1.29 is 18.0 Å². The minimum atomic E-state index is -4.50. The van der Waals surface area contributed by atoms with Crippen LogP contribution in [0.25, 0.3) is 0 Å². The van der Waals surface area contributed by atoms with Crippen molar-refractivity contribution in [2.45, 2.75) is 18.6 Å². The van der Waals surface area contributed by atoms with E-state index in [1.165, 1.54) is 0 Å². The molecular formula is C10H9ClF3N3O3. The van der Waals surface area contributed by atoms with Crippen molar-refractivity contribution in [2.75, 3.05) is 13.1 Å². The molecule has 1 fully saturated rings. The van der Waals surface area contributed by atoms with Crippen LogP contribution in [-0.2, 0) is 4.79 Å². The molecule has 1 aliphatic rings. The molecule has 0 spiro atoms. The van der Waals surface area contributed by atoms with Crippen LogP contribution >= 0.6 is 11.6 Å². The van der Waals surface area contributed by atoms with Crippen LogP contribution in [0.4, 0.5) is 13.2 Å². The first kappa shape index (κ1) is 14.6. The fourth-order valence-corrected chi connectivity index (χ4v) is 2.20. The van der Waals surface area contributed by atoms with Gasteiger partial charge in [0, 0.05) is 12.7 Å². The Morgan fingerprint density at radius 3 is 2.60 bits per heavy atom. The summed E-state index contributed by atoms with van der Waals surface area (Å²) in [6.07, 6.45) is -3.50. The van der Waals surface area contributed by atoms with E-state index in [2.05, 4.69) is 0 Å². The van der Waals surface area contributed by atoms with Crippen molar-refractivity contribution in [3.63, 3.8) is 0 Å². The number of rotatable bonds is 2. The number of amides is 1. The first-order chi connectivity index (χ1) is 9.19. The highest BCUT2D eigenvalue weighted by molar-refractivity contribution is 6.30. The van der Waals surface area contributed by atoms with Gasteiger partial charge in [-0.2, -0.15) is 13.2 Å². The molecule has 0 unspecified atom stereocenters. The van der Waals surface area contributed by atoms with Crippen molar-refractivity contribution in [1.82, 2.24) is 14.5 Å². The molecule has 1 aliphatic heterocycles. The van der Waals surface area contributed by atoms with E-state index in [0.717, 1.165) is 10.8 Å². The number of hydrogen-bond donors (Lipinski definition) is 1. The number of carbonyl (C=O) groups excluding carboxylic acids is 1. The van der Waals surface area contributed by atoms with Gasteiger partial charge in [0.1, 0.15) is 17.6 Å². The lowest BCUT2D eigenvalue weighted by Gasteiger charge is -2.18. The van der Waals surface area contributed by atoms with E-state index in [1.807, 2.05) is 4.98 Å². The van der Waals surface area contributed by atoms with Gasteiger partial charge < -0.3 is 4.90 Å². The standard InChI is InChI=1S/C10H9ClF3N3O3/c11-5-3-17(9(20)15-7(5)18)6-1-2-16(8(6)19)4-10(12,13)14/h3,6H,1-2,4H2,(H,15,18,20)/t6-/m1/s1. The molecule has 0 bridgehead atoms. The van der Waals surface area contributed by atoms with Crippen LogP contribution in [0.2, 0.25) is 5.02 Å². The van der Waals surface area contributed by atoms with Crippen LogP contribution in [0.1, 0.15) is 12.5 Å². The maximum atomic E-state index is 12.3. The fraction of sp³-hybridized carbons (Fsp3) is 0.500. The van der Waals surface area contributed by atoms with Gasteiger partial charge in [0.15, 0.2) is 0 Å². The van der Waals surface area contributed by atoms with Gasteiger partial charge in [-0.25, -0.2) is 4.79 Å². The first-order valence-electron chi connectivity index (χ1n) is 5.55. The fourth-order valence-electron chi connectivity index (χ4n) is 2.05. The molecule has 110 valence electrons. The molecule has 1 aromatic rings. The molecule has 1 aromatic heterocycles. The minimum absolute atomic E-state index is 0.0389. The largest absolute Gasteiger partial charge is 0.406 e. The van der Waals surface area contributed by atoms with Gasteiger partial charge in [0.25, 0.3) is 5.56 Å². The molecule has 0 saturated carbocycles. The summed E-state index contributed by atoms with van der Waals surface area (Å²) < 4.78 is 37.7. The van der Waals surface area contributed by atoms with Crippen LogP contribution in [0.15, 0.2) is 15.8 Å². The number of aromatic amines is 1.